The first-order valence-electron chi connectivity index (χ1n) is 6.64. The van der Waals surface area contributed by atoms with Crippen molar-refractivity contribution in [2.24, 2.45) is 0 Å². The van der Waals surface area contributed by atoms with Gasteiger partial charge in [0.25, 0.3) is 0 Å². The topological polar surface area (TPSA) is 32.3 Å². The molecule has 1 aromatic carbocycles. The molecule has 106 valence electrons. The second-order valence-electron chi connectivity index (χ2n) is 4.96. The summed E-state index contributed by atoms with van der Waals surface area (Å²) in [6, 6.07) is 12.5. The zero-order valence-corrected chi connectivity index (χ0v) is 12.4. The van der Waals surface area contributed by atoms with Crippen molar-refractivity contribution in [1.82, 2.24) is 15.1 Å². The van der Waals surface area contributed by atoms with E-state index in [-0.39, 0.29) is 12.4 Å². The van der Waals surface area contributed by atoms with E-state index in [1.807, 2.05) is 24.4 Å². The minimum absolute atomic E-state index is 0. The molecule has 1 saturated heterocycles. The molecule has 2 heterocycles. The highest BCUT2D eigenvalue weighted by Gasteiger charge is 2.16. The van der Waals surface area contributed by atoms with Crippen LogP contribution in [0.5, 0.6) is 0 Å². The maximum absolute atomic E-state index is 4.27. The summed E-state index contributed by atoms with van der Waals surface area (Å²) in [6.45, 7) is 4.20. The van der Waals surface area contributed by atoms with Crippen molar-refractivity contribution < 1.29 is 0 Å². The monoisotopic (exact) mass is 290 g/mol. The molecule has 1 fully saturated rings. The molecule has 0 atom stereocenters. The van der Waals surface area contributed by atoms with Gasteiger partial charge in [-0.15, -0.1) is 17.5 Å². The summed E-state index contributed by atoms with van der Waals surface area (Å²) in [6.07, 6.45) is 1.83. The predicted octanol–water partition coefficient (Wildman–Crippen LogP) is 2.32. The lowest BCUT2D eigenvalue weighted by molar-refractivity contribution is 0.312. The Balaban J connectivity index is 0.00000147. The van der Waals surface area contributed by atoms with E-state index in [0.29, 0.717) is 0 Å². The van der Waals surface area contributed by atoms with Crippen LogP contribution in [0.25, 0.3) is 11.1 Å². The fourth-order valence-corrected chi connectivity index (χ4v) is 2.33. The summed E-state index contributed by atoms with van der Waals surface area (Å²) < 4.78 is 0. The van der Waals surface area contributed by atoms with Crippen LogP contribution < -0.4 is 4.90 Å². The van der Waals surface area contributed by atoms with Crippen molar-refractivity contribution in [2.45, 2.75) is 0 Å². The molecule has 4 nitrogen and oxygen atoms in total. The molecule has 1 aromatic heterocycles. The van der Waals surface area contributed by atoms with E-state index in [9.17, 15) is 0 Å². The molecule has 1 aliphatic rings. The van der Waals surface area contributed by atoms with Gasteiger partial charge in [0.15, 0.2) is 5.82 Å². The summed E-state index contributed by atoms with van der Waals surface area (Å²) in [5.74, 6) is 0.981. The molecule has 5 heteroatoms. The third-order valence-electron chi connectivity index (χ3n) is 3.58. The van der Waals surface area contributed by atoms with Gasteiger partial charge < -0.3 is 9.80 Å². The SMILES string of the molecule is CN1CCN(c2cc(-c3ccccc3)cnn2)CC1.Cl. The lowest BCUT2D eigenvalue weighted by Crippen LogP contribution is -2.44. The summed E-state index contributed by atoms with van der Waals surface area (Å²) >= 11 is 0. The molecule has 3 rings (SSSR count). The van der Waals surface area contributed by atoms with Crippen LogP contribution in [0, 0.1) is 0 Å². The zero-order valence-electron chi connectivity index (χ0n) is 11.6. The minimum Gasteiger partial charge on any atom is -0.353 e. The summed E-state index contributed by atoms with van der Waals surface area (Å²) in [7, 11) is 2.16. The van der Waals surface area contributed by atoms with Crippen molar-refractivity contribution in [3.63, 3.8) is 0 Å². The van der Waals surface area contributed by atoms with Gasteiger partial charge in [0.05, 0.1) is 6.20 Å². The number of benzene rings is 1. The van der Waals surface area contributed by atoms with E-state index in [4.69, 9.17) is 0 Å². The molecule has 0 bridgehead atoms. The van der Waals surface area contributed by atoms with Crippen LogP contribution in [0.4, 0.5) is 5.82 Å². The molecule has 0 N–H and O–H groups in total. The number of hydrogen-bond donors (Lipinski definition) is 0. The molecule has 0 amide bonds. The predicted molar refractivity (Wildman–Crippen MR) is 84.4 cm³/mol. The van der Waals surface area contributed by atoms with Crippen molar-refractivity contribution in [3.8, 4) is 11.1 Å². The normalized spacial score (nSPS) is 15.8. The van der Waals surface area contributed by atoms with E-state index in [0.717, 1.165) is 37.6 Å². The highest BCUT2D eigenvalue weighted by atomic mass is 35.5. The Morgan fingerprint density at radius 2 is 1.65 bits per heavy atom. The average Bonchev–Trinajstić information content (AvgIpc) is 2.49. The number of piperazine rings is 1. The van der Waals surface area contributed by atoms with Gasteiger partial charge in [0.2, 0.25) is 0 Å². The number of aromatic nitrogens is 2. The highest BCUT2D eigenvalue weighted by Crippen LogP contribution is 2.22. The number of nitrogens with zero attached hydrogens (tertiary/aromatic N) is 4. The number of likely N-dealkylation sites (N-methyl/N-ethyl adjacent to an activating group) is 1. The van der Waals surface area contributed by atoms with Crippen molar-refractivity contribution in [1.29, 1.82) is 0 Å². The number of anilines is 1. The highest BCUT2D eigenvalue weighted by molar-refractivity contribution is 5.85. The first-order valence-corrected chi connectivity index (χ1v) is 6.64. The first-order chi connectivity index (χ1) is 9.33. The second kappa shape index (κ2) is 6.68. The largest absolute Gasteiger partial charge is 0.353 e. The quantitative estimate of drug-likeness (QED) is 0.850. The Morgan fingerprint density at radius 1 is 0.950 bits per heavy atom. The molecule has 0 spiro atoms. The minimum atomic E-state index is 0. The number of rotatable bonds is 2. The average molecular weight is 291 g/mol. The molecule has 2 aromatic rings. The van der Waals surface area contributed by atoms with E-state index in [1.54, 1.807) is 0 Å². The number of halogens is 1. The van der Waals surface area contributed by atoms with Crippen molar-refractivity contribution >= 4 is 18.2 Å². The Morgan fingerprint density at radius 3 is 2.35 bits per heavy atom. The standard InChI is InChI=1S/C15H18N4.ClH/c1-18-7-9-19(10-8-18)15-11-14(12-16-17-15)13-5-3-2-4-6-13;/h2-6,11-12H,7-10H2,1H3;1H. The van der Waals surface area contributed by atoms with Gasteiger partial charge in [-0.05, 0) is 18.7 Å². The fraction of sp³-hybridized carbons (Fsp3) is 0.333. The second-order valence-corrected chi connectivity index (χ2v) is 4.96. The molecule has 0 radical (unpaired) electrons. The third kappa shape index (κ3) is 3.26. The molecular formula is C15H19ClN4. The summed E-state index contributed by atoms with van der Waals surface area (Å²) in [4.78, 5) is 4.64. The van der Waals surface area contributed by atoms with Gasteiger partial charge in [-0.1, -0.05) is 30.3 Å². The Bertz CT molecular complexity index is 539. The van der Waals surface area contributed by atoms with E-state index in [1.165, 1.54) is 5.56 Å². The van der Waals surface area contributed by atoms with Gasteiger partial charge in [0.1, 0.15) is 0 Å². The Labute approximate surface area is 125 Å². The summed E-state index contributed by atoms with van der Waals surface area (Å²) in [5, 5.41) is 8.42. The maximum atomic E-state index is 4.27. The van der Waals surface area contributed by atoms with Crippen LogP contribution in [-0.2, 0) is 0 Å². The van der Waals surface area contributed by atoms with Gasteiger partial charge in [-0.2, -0.15) is 5.10 Å². The smallest absolute Gasteiger partial charge is 0.151 e. The van der Waals surface area contributed by atoms with Crippen molar-refractivity contribution in [2.75, 3.05) is 38.1 Å². The molecular weight excluding hydrogens is 272 g/mol. The third-order valence-corrected chi connectivity index (χ3v) is 3.58. The van der Waals surface area contributed by atoms with Crippen LogP contribution in [0.3, 0.4) is 0 Å². The van der Waals surface area contributed by atoms with Crippen LogP contribution in [0.2, 0.25) is 0 Å². The molecule has 1 aliphatic heterocycles. The van der Waals surface area contributed by atoms with Crippen molar-refractivity contribution in [3.05, 3.63) is 42.6 Å². The van der Waals surface area contributed by atoms with Crippen LogP contribution in [0.15, 0.2) is 42.6 Å². The zero-order chi connectivity index (χ0) is 13.1. The van der Waals surface area contributed by atoms with E-state index < -0.39 is 0 Å². The van der Waals surface area contributed by atoms with Gasteiger partial charge in [0, 0.05) is 31.7 Å². The molecule has 20 heavy (non-hydrogen) atoms. The molecule has 0 saturated carbocycles. The number of hydrogen-bond acceptors (Lipinski definition) is 4. The van der Waals surface area contributed by atoms with Crippen LogP contribution >= 0.6 is 12.4 Å². The van der Waals surface area contributed by atoms with Gasteiger partial charge >= 0.3 is 0 Å². The lowest BCUT2D eigenvalue weighted by atomic mass is 10.1. The van der Waals surface area contributed by atoms with E-state index in [2.05, 4.69) is 45.2 Å². The van der Waals surface area contributed by atoms with E-state index >= 15 is 0 Å². The first kappa shape index (κ1) is 14.8. The Hall–Kier alpha value is -1.65. The van der Waals surface area contributed by atoms with Crippen LogP contribution in [0.1, 0.15) is 0 Å². The van der Waals surface area contributed by atoms with Crippen LogP contribution in [-0.4, -0.2) is 48.3 Å². The fourth-order valence-electron chi connectivity index (χ4n) is 2.33. The van der Waals surface area contributed by atoms with Gasteiger partial charge in [-0.3, -0.25) is 0 Å². The Kier molecular flexibility index (Phi) is 4.93. The van der Waals surface area contributed by atoms with Gasteiger partial charge in [-0.25, -0.2) is 0 Å². The summed E-state index contributed by atoms with van der Waals surface area (Å²) in [5.41, 5.74) is 2.32. The lowest BCUT2D eigenvalue weighted by Gasteiger charge is -2.32. The molecule has 0 aliphatic carbocycles. The maximum Gasteiger partial charge on any atom is 0.151 e. The molecule has 0 unspecified atom stereocenters.